The Balaban J connectivity index is 1.64. The number of aromatic nitrogens is 4. The Hall–Kier alpha value is -2.80. The van der Waals surface area contributed by atoms with E-state index in [4.69, 9.17) is 0 Å². The van der Waals surface area contributed by atoms with Crippen LogP contribution in [0.5, 0.6) is 0 Å². The minimum atomic E-state index is 0.0588. The molecule has 25 heavy (non-hydrogen) atoms. The standard InChI is InChI=1S/C18H20N6O/c1-2-22-8-10-23(11-9-22)18(25)15-5-6-16-20-21-17(24(16)13-15)14-4-3-7-19-12-14/h3-7,12-13H,2,8-11H2,1H3. The molecule has 0 N–H and O–H groups in total. The third-order valence-electron chi connectivity index (χ3n) is 4.68. The average Bonchev–Trinajstić information content (AvgIpc) is 3.11. The first kappa shape index (κ1) is 15.7. The summed E-state index contributed by atoms with van der Waals surface area (Å²) in [6, 6.07) is 7.45. The van der Waals surface area contributed by atoms with E-state index in [1.807, 2.05) is 39.8 Å². The van der Waals surface area contributed by atoms with E-state index in [0.717, 1.165) is 38.3 Å². The zero-order valence-electron chi connectivity index (χ0n) is 14.2. The second-order valence-electron chi connectivity index (χ2n) is 6.14. The lowest BCUT2D eigenvalue weighted by Gasteiger charge is -2.34. The van der Waals surface area contributed by atoms with E-state index in [0.29, 0.717) is 17.0 Å². The van der Waals surface area contributed by atoms with Gasteiger partial charge in [0.25, 0.3) is 5.91 Å². The quantitative estimate of drug-likeness (QED) is 0.726. The van der Waals surface area contributed by atoms with Crippen molar-refractivity contribution in [3.63, 3.8) is 0 Å². The van der Waals surface area contributed by atoms with E-state index in [-0.39, 0.29) is 5.91 Å². The second-order valence-corrected chi connectivity index (χ2v) is 6.14. The van der Waals surface area contributed by atoms with Gasteiger partial charge in [-0.1, -0.05) is 6.92 Å². The molecule has 0 aromatic carbocycles. The van der Waals surface area contributed by atoms with Gasteiger partial charge in [0.2, 0.25) is 0 Å². The fraction of sp³-hybridized carbons (Fsp3) is 0.333. The number of nitrogens with zero attached hydrogens (tertiary/aromatic N) is 6. The van der Waals surface area contributed by atoms with E-state index in [1.54, 1.807) is 12.4 Å². The zero-order chi connectivity index (χ0) is 17.2. The van der Waals surface area contributed by atoms with Crippen molar-refractivity contribution in [1.82, 2.24) is 29.4 Å². The summed E-state index contributed by atoms with van der Waals surface area (Å²) in [6.45, 7) is 6.57. The zero-order valence-corrected chi connectivity index (χ0v) is 14.2. The highest BCUT2D eigenvalue weighted by Crippen LogP contribution is 2.18. The molecule has 0 saturated carbocycles. The van der Waals surface area contributed by atoms with Gasteiger partial charge < -0.3 is 9.80 Å². The maximum atomic E-state index is 12.8. The van der Waals surface area contributed by atoms with Gasteiger partial charge in [0.05, 0.1) is 5.56 Å². The van der Waals surface area contributed by atoms with E-state index < -0.39 is 0 Å². The predicted octanol–water partition coefficient (Wildman–Crippen LogP) is 1.57. The van der Waals surface area contributed by atoms with Crippen molar-refractivity contribution in [1.29, 1.82) is 0 Å². The molecule has 7 nitrogen and oxygen atoms in total. The van der Waals surface area contributed by atoms with Crippen LogP contribution in [0.1, 0.15) is 17.3 Å². The van der Waals surface area contributed by atoms with Gasteiger partial charge in [0, 0.05) is 50.3 Å². The van der Waals surface area contributed by atoms with Gasteiger partial charge in [-0.25, -0.2) is 0 Å². The van der Waals surface area contributed by atoms with Crippen molar-refractivity contribution in [2.45, 2.75) is 6.92 Å². The molecule has 0 radical (unpaired) electrons. The Labute approximate surface area is 145 Å². The summed E-state index contributed by atoms with van der Waals surface area (Å²) in [5, 5.41) is 8.42. The van der Waals surface area contributed by atoms with Crippen LogP contribution >= 0.6 is 0 Å². The molecule has 1 aliphatic heterocycles. The molecule has 1 saturated heterocycles. The summed E-state index contributed by atoms with van der Waals surface area (Å²) < 4.78 is 1.85. The minimum absolute atomic E-state index is 0.0588. The fourth-order valence-corrected chi connectivity index (χ4v) is 3.16. The number of pyridine rings is 2. The van der Waals surface area contributed by atoms with E-state index >= 15 is 0 Å². The first-order chi connectivity index (χ1) is 12.3. The third kappa shape index (κ3) is 2.98. The Kier molecular flexibility index (Phi) is 4.15. The maximum Gasteiger partial charge on any atom is 0.255 e. The average molecular weight is 336 g/mol. The number of carbonyl (C=O) groups excluding carboxylic acids is 1. The highest BCUT2D eigenvalue weighted by atomic mass is 16.2. The Morgan fingerprint density at radius 2 is 1.96 bits per heavy atom. The highest BCUT2D eigenvalue weighted by molar-refractivity contribution is 5.94. The van der Waals surface area contributed by atoms with Crippen LogP contribution < -0.4 is 0 Å². The molecule has 128 valence electrons. The van der Waals surface area contributed by atoms with Crippen LogP contribution in [0.3, 0.4) is 0 Å². The number of hydrogen-bond acceptors (Lipinski definition) is 5. The summed E-state index contributed by atoms with van der Waals surface area (Å²) in [7, 11) is 0. The number of fused-ring (bicyclic) bond motifs is 1. The van der Waals surface area contributed by atoms with Crippen molar-refractivity contribution in [2.75, 3.05) is 32.7 Å². The van der Waals surface area contributed by atoms with Crippen molar-refractivity contribution in [3.05, 3.63) is 48.4 Å². The van der Waals surface area contributed by atoms with Gasteiger partial charge in [-0.15, -0.1) is 10.2 Å². The van der Waals surface area contributed by atoms with E-state index in [2.05, 4.69) is 27.0 Å². The molecular weight excluding hydrogens is 316 g/mol. The molecule has 1 fully saturated rings. The molecule has 7 heteroatoms. The molecule has 1 aliphatic rings. The predicted molar refractivity (Wildman–Crippen MR) is 94.2 cm³/mol. The molecule has 1 amide bonds. The normalized spacial score (nSPS) is 15.6. The smallest absolute Gasteiger partial charge is 0.255 e. The molecule has 4 rings (SSSR count). The van der Waals surface area contributed by atoms with Crippen molar-refractivity contribution < 1.29 is 4.79 Å². The summed E-state index contributed by atoms with van der Waals surface area (Å²) in [6.07, 6.45) is 5.29. The van der Waals surface area contributed by atoms with Gasteiger partial charge >= 0.3 is 0 Å². The van der Waals surface area contributed by atoms with E-state index in [9.17, 15) is 4.79 Å². The van der Waals surface area contributed by atoms with E-state index in [1.165, 1.54) is 0 Å². The molecule has 0 spiro atoms. The molecule has 0 bridgehead atoms. The van der Waals surface area contributed by atoms with Gasteiger partial charge in [-0.3, -0.25) is 14.2 Å². The Bertz CT molecular complexity index is 883. The molecule has 3 aromatic heterocycles. The molecule has 3 aromatic rings. The van der Waals surface area contributed by atoms with Crippen LogP contribution in [-0.4, -0.2) is 68.0 Å². The molecule has 0 atom stereocenters. The van der Waals surface area contributed by atoms with Gasteiger partial charge in [0.15, 0.2) is 11.5 Å². The van der Waals surface area contributed by atoms with Crippen LogP contribution in [0.4, 0.5) is 0 Å². The third-order valence-corrected chi connectivity index (χ3v) is 4.68. The van der Waals surface area contributed by atoms with Gasteiger partial charge in [-0.05, 0) is 30.8 Å². The molecule has 0 unspecified atom stereocenters. The summed E-state index contributed by atoms with van der Waals surface area (Å²) in [5.41, 5.74) is 2.24. The lowest BCUT2D eigenvalue weighted by Crippen LogP contribution is -2.48. The van der Waals surface area contributed by atoms with Gasteiger partial charge in [0.1, 0.15) is 0 Å². The topological polar surface area (TPSA) is 66.6 Å². The summed E-state index contributed by atoms with van der Waals surface area (Å²) >= 11 is 0. The molecular formula is C18H20N6O. The van der Waals surface area contributed by atoms with Crippen LogP contribution in [-0.2, 0) is 0 Å². The van der Waals surface area contributed by atoms with Crippen LogP contribution in [0, 0.1) is 0 Å². The van der Waals surface area contributed by atoms with Crippen molar-refractivity contribution in [3.8, 4) is 11.4 Å². The second kappa shape index (κ2) is 6.60. The first-order valence-electron chi connectivity index (χ1n) is 8.53. The number of amides is 1. The lowest BCUT2D eigenvalue weighted by atomic mass is 10.2. The number of hydrogen-bond donors (Lipinski definition) is 0. The number of rotatable bonds is 3. The number of piperazine rings is 1. The number of likely N-dealkylation sites (N-methyl/N-ethyl adjacent to an activating group) is 1. The SMILES string of the molecule is CCN1CCN(C(=O)c2ccc3nnc(-c4cccnc4)n3c2)CC1. The largest absolute Gasteiger partial charge is 0.336 e. The maximum absolute atomic E-state index is 12.8. The summed E-state index contributed by atoms with van der Waals surface area (Å²) in [4.78, 5) is 21.3. The fourth-order valence-electron chi connectivity index (χ4n) is 3.16. The lowest BCUT2D eigenvalue weighted by molar-refractivity contribution is 0.0643. The number of carbonyl (C=O) groups is 1. The van der Waals surface area contributed by atoms with Crippen LogP contribution in [0.2, 0.25) is 0 Å². The van der Waals surface area contributed by atoms with Crippen LogP contribution in [0.15, 0.2) is 42.9 Å². The monoisotopic (exact) mass is 336 g/mol. The minimum Gasteiger partial charge on any atom is -0.336 e. The highest BCUT2D eigenvalue weighted by Gasteiger charge is 2.22. The van der Waals surface area contributed by atoms with Crippen molar-refractivity contribution in [2.24, 2.45) is 0 Å². The first-order valence-corrected chi connectivity index (χ1v) is 8.53. The van der Waals surface area contributed by atoms with Crippen LogP contribution in [0.25, 0.3) is 17.0 Å². The van der Waals surface area contributed by atoms with Crippen molar-refractivity contribution >= 4 is 11.6 Å². The van der Waals surface area contributed by atoms with Gasteiger partial charge in [-0.2, -0.15) is 0 Å². The Morgan fingerprint density at radius 3 is 2.68 bits per heavy atom. The summed E-state index contributed by atoms with van der Waals surface area (Å²) in [5.74, 6) is 0.747. The Morgan fingerprint density at radius 1 is 1.12 bits per heavy atom. The molecule has 0 aliphatic carbocycles. The molecule has 4 heterocycles.